The summed E-state index contributed by atoms with van der Waals surface area (Å²) in [6.07, 6.45) is 0.143. The Hall–Kier alpha value is -2.82. The average Bonchev–Trinajstić information content (AvgIpc) is 2.81. The molecule has 1 fully saturated rings. The third kappa shape index (κ3) is 3.04. The molecule has 5 nitrogen and oxygen atoms in total. The molecule has 0 saturated carbocycles. The Morgan fingerprint density at radius 2 is 1.91 bits per heavy atom. The van der Waals surface area contributed by atoms with E-state index in [0.717, 1.165) is 11.3 Å². The molecule has 1 aliphatic heterocycles. The van der Waals surface area contributed by atoms with E-state index in [9.17, 15) is 9.59 Å². The molecule has 0 aromatic heterocycles. The second-order valence-electron chi connectivity index (χ2n) is 5.54. The van der Waals surface area contributed by atoms with Crippen molar-refractivity contribution >= 4 is 23.2 Å². The minimum atomic E-state index is -0.560. The summed E-state index contributed by atoms with van der Waals surface area (Å²) in [5, 5.41) is 3.12. The van der Waals surface area contributed by atoms with Crippen molar-refractivity contribution in [1.29, 1.82) is 0 Å². The van der Waals surface area contributed by atoms with E-state index in [0.29, 0.717) is 11.4 Å². The number of benzene rings is 2. The van der Waals surface area contributed by atoms with Crippen LogP contribution < -0.4 is 15.0 Å². The predicted octanol–water partition coefficient (Wildman–Crippen LogP) is 2.75. The zero-order chi connectivity index (χ0) is 16.4. The summed E-state index contributed by atoms with van der Waals surface area (Å²) < 4.78 is 5.17. The van der Waals surface area contributed by atoms with Gasteiger partial charge in [-0.05, 0) is 36.8 Å². The van der Waals surface area contributed by atoms with Crippen molar-refractivity contribution in [2.45, 2.75) is 19.4 Å². The van der Waals surface area contributed by atoms with Gasteiger partial charge in [-0.1, -0.05) is 18.2 Å². The van der Waals surface area contributed by atoms with E-state index in [1.165, 1.54) is 4.90 Å². The first-order valence-electron chi connectivity index (χ1n) is 7.42. The Balaban J connectivity index is 1.81. The van der Waals surface area contributed by atoms with Gasteiger partial charge in [0.25, 0.3) is 5.91 Å². The van der Waals surface area contributed by atoms with Crippen LogP contribution in [0, 0.1) is 6.92 Å². The van der Waals surface area contributed by atoms with Gasteiger partial charge in [-0.3, -0.25) is 9.59 Å². The standard InChI is InChI=1S/C18H18N2O3/c1-12-5-3-7-14(9-12)20-17(21)11-16(18(20)22)19-13-6-4-8-15(10-13)23-2/h3-10,16,19H,11H2,1-2H3/t16-/m0/s1. The van der Waals surface area contributed by atoms with E-state index in [2.05, 4.69) is 5.32 Å². The summed E-state index contributed by atoms with van der Waals surface area (Å²) in [6.45, 7) is 1.93. The third-order valence-corrected chi connectivity index (χ3v) is 3.82. The highest BCUT2D eigenvalue weighted by molar-refractivity contribution is 6.23. The van der Waals surface area contributed by atoms with Crippen molar-refractivity contribution in [1.82, 2.24) is 0 Å². The lowest BCUT2D eigenvalue weighted by molar-refractivity contribution is -0.121. The first-order valence-corrected chi connectivity index (χ1v) is 7.42. The number of nitrogens with one attached hydrogen (secondary N) is 1. The fourth-order valence-corrected chi connectivity index (χ4v) is 2.70. The van der Waals surface area contributed by atoms with Crippen LogP contribution in [0.5, 0.6) is 5.75 Å². The second kappa shape index (κ2) is 6.12. The van der Waals surface area contributed by atoms with Gasteiger partial charge < -0.3 is 10.1 Å². The van der Waals surface area contributed by atoms with Gasteiger partial charge in [-0.15, -0.1) is 0 Å². The molecule has 0 spiro atoms. The average molecular weight is 310 g/mol. The summed E-state index contributed by atoms with van der Waals surface area (Å²) in [5.74, 6) is 0.270. The number of anilines is 2. The zero-order valence-corrected chi connectivity index (χ0v) is 13.1. The molecular formula is C18H18N2O3. The molecule has 2 aromatic rings. The minimum absolute atomic E-state index is 0.143. The van der Waals surface area contributed by atoms with Crippen molar-refractivity contribution in [3.63, 3.8) is 0 Å². The SMILES string of the molecule is COc1cccc(N[C@H]2CC(=O)N(c3cccc(C)c3)C2=O)c1. The quantitative estimate of drug-likeness (QED) is 0.882. The second-order valence-corrected chi connectivity index (χ2v) is 5.54. The topological polar surface area (TPSA) is 58.6 Å². The molecule has 118 valence electrons. The van der Waals surface area contributed by atoms with E-state index < -0.39 is 6.04 Å². The number of imide groups is 1. The molecule has 1 heterocycles. The first-order chi connectivity index (χ1) is 11.1. The smallest absolute Gasteiger partial charge is 0.256 e. The summed E-state index contributed by atoms with van der Waals surface area (Å²) in [5.41, 5.74) is 2.38. The molecule has 1 atom stereocenters. The van der Waals surface area contributed by atoms with Gasteiger partial charge in [-0.2, -0.15) is 0 Å². The number of carbonyl (C=O) groups excluding carboxylic acids is 2. The van der Waals surface area contributed by atoms with Crippen LogP contribution in [0.25, 0.3) is 0 Å². The molecule has 0 unspecified atom stereocenters. The Morgan fingerprint density at radius 1 is 1.13 bits per heavy atom. The van der Waals surface area contributed by atoms with E-state index in [1.807, 2.05) is 43.3 Å². The van der Waals surface area contributed by atoms with Crippen molar-refractivity contribution in [2.75, 3.05) is 17.3 Å². The summed E-state index contributed by atoms with van der Waals surface area (Å²) in [6, 6.07) is 14.1. The van der Waals surface area contributed by atoms with E-state index in [1.54, 1.807) is 19.2 Å². The van der Waals surface area contributed by atoms with Crippen LogP contribution in [0.4, 0.5) is 11.4 Å². The predicted molar refractivity (Wildman–Crippen MR) is 88.7 cm³/mol. The van der Waals surface area contributed by atoms with Crippen LogP contribution in [0.1, 0.15) is 12.0 Å². The Labute approximate surface area is 134 Å². The lowest BCUT2D eigenvalue weighted by Crippen LogP contribution is -2.34. The summed E-state index contributed by atoms with van der Waals surface area (Å²) in [4.78, 5) is 26.1. The van der Waals surface area contributed by atoms with Gasteiger partial charge in [0.05, 0.1) is 19.2 Å². The monoisotopic (exact) mass is 310 g/mol. The number of hydrogen-bond acceptors (Lipinski definition) is 4. The van der Waals surface area contributed by atoms with Crippen molar-refractivity contribution in [3.05, 3.63) is 54.1 Å². The summed E-state index contributed by atoms with van der Waals surface area (Å²) >= 11 is 0. The van der Waals surface area contributed by atoms with Crippen molar-refractivity contribution in [2.24, 2.45) is 0 Å². The van der Waals surface area contributed by atoms with Crippen LogP contribution in [-0.2, 0) is 9.59 Å². The van der Waals surface area contributed by atoms with Crippen LogP contribution in [0.2, 0.25) is 0 Å². The molecule has 1 N–H and O–H groups in total. The van der Waals surface area contributed by atoms with Crippen LogP contribution in [0.15, 0.2) is 48.5 Å². The number of methoxy groups -OCH3 is 1. The highest BCUT2D eigenvalue weighted by Crippen LogP contribution is 2.26. The lowest BCUT2D eigenvalue weighted by Gasteiger charge is -2.16. The van der Waals surface area contributed by atoms with Gasteiger partial charge in [0.15, 0.2) is 0 Å². The molecular weight excluding hydrogens is 292 g/mol. The molecule has 0 radical (unpaired) electrons. The van der Waals surface area contributed by atoms with Crippen LogP contribution in [0.3, 0.4) is 0 Å². The molecule has 0 aliphatic carbocycles. The van der Waals surface area contributed by atoms with Gasteiger partial charge in [-0.25, -0.2) is 4.90 Å². The molecule has 2 amide bonds. The maximum Gasteiger partial charge on any atom is 0.256 e. The van der Waals surface area contributed by atoms with Gasteiger partial charge >= 0.3 is 0 Å². The normalized spacial score (nSPS) is 17.5. The number of amides is 2. The van der Waals surface area contributed by atoms with Crippen molar-refractivity contribution in [3.8, 4) is 5.75 Å². The molecule has 5 heteroatoms. The fourth-order valence-electron chi connectivity index (χ4n) is 2.70. The lowest BCUT2D eigenvalue weighted by atomic mass is 10.2. The number of rotatable bonds is 4. The first kappa shape index (κ1) is 15.1. The Morgan fingerprint density at radius 3 is 2.65 bits per heavy atom. The molecule has 3 rings (SSSR count). The van der Waals surface area contributed by atoms with Crippen molar-refractivity contribution < 1.29 is 14.3 Å². The highest BCUT2D eigenvalue weighted by atomic mass is 16.5. The molecule has 23 heavy (non-hydrogen) atoms. The van der Waals surface area contributed by atoms with Gasteiger partial charge in [0.1, 0.15) is 11.8 Å². The maximum atomic E-state index is 12.6. The van der Waals surface area contributed by atoms with E-state index >= 15 is 0 Å². The number of nitrogens with zero attached hydrogens (tertiary/aromatic N) is 1. The fraction of sp³-hybridized carbons (Fsp3) is 0.222. The number of carbonyl (C=O) groups is 2. The number of aryl methyl sites for hydroxylation is 1. The van der Waals surface area contributed by atoms with Crippen LogP contribution in [-0.4, -0.2) is 25.0 Å². The zero-order valence-electron chi connectivity index (χ0n) is 13.1. The number of ether oxygens (including phenoxy) is 1. The minimum Gasteiger partial charge on any atom is -0.497 e. The third-order valence-electron chi connectivity index (χ3n) is 3.82. The maximum absolute atomic E-state index is 12.6. The Bertz CT molecular complexity index is 757. The number of hydrogen-bond donors (Lipinski definition) is 1. The summed E-state index contributed by atoms with van der Waals surface area (Å²) in [7, 11) is 1.59. The van der Waals surface area contributed by atoms with Gasteiger partial charge in [0.2, 0.25) is 5.91 Å². The molecule has 1 aliphatic rings. The molecule has 1 saturated heterocycles. The van der Waals surface area contributed by atoms with E-state index in [4.69, 9.17) is 4.74 Å². The molecule has 0 bridgehead atoms. The highest BCUT2D eigenvalue weighted by Gasteiger charge is 2.39. The molecule has 2 aromatic carbocycles. The van der Waals surface area contributed by atoms with Gasteiger partial charge in [0, 0.05) is 11.8 Å². The van der Waals surface area contributed by atoms with Crippen LogP contribution >= 0.6 is 0 Å². The van der Waals surface area contributed by atoms with E-state index in [-0.39, 0.29) is 18.2 Å². The Kier molecular flexibility index (Phi) is 4.02. The largest absolute Gasteiger partial charge is 0.497 e.